The van der Waals surface area contributed by atoms with Crippen molar-refractivity contribution in [3.05, 3.63) is 29.8 Å². The SMILES string of the molecule is Cc1ccc(S(=O)(=O)NCCCC[C@@H](N)C(=O)N2CCC[C@H]2C(=O)N[C@H](C=O)CCCN=C(N)N)cc1.Cl.Cl. The molecule has 2 rings (SSSR count). The van der Waals surface area contributed by atoms with E-state index >= 15 is 0 Å². The number of nitrogens with two attached hydrogens (primary N) is 3. The molecule has 0 unspecified atom stereocenters. The van der Waals surface area contributed by atoms with Crippen LogP contribution < -0.4 is 27.2 Å². The molecule has 0 bridgehead atoms. The quantitative estimate of drug-likeness (QED) is 0.0809. The predicted octanol–water partition coefficient (Wildman–Crippen LogP) is 0.343. The number of halogens is 2. The summed E-state index contributed by atoms with van der Waals surface area (Å²) in [6.07, 6.45) is 4.11. The molecule has 222 valence electrons. The van der Waals surface area contributed by atoms with Crippen LogP contribution in [0.3, 0.4) is 0 Å². The van der Waals surface area contributed by atoms with Gasteiger partial charge in [0, 0.05) is 19.6 Å². The second-order valence-corrected chi connectivity index (χ2v) is 11.0. The van der Waals surface area contributed by atoms with E-state index in [1.807, 2.05) is 6.92 Å². The van der Waals surface area contributed by atoms with E-state index in [1.165, 1.54) is 4.90 Å². The van der Waals surface area contributed by atoms with Crippen LogP contribution >= 0.6 is 24.8 Å². The molecule has 1 aromatic rings. The van der Waals surface area contributed by atoms with Crippen molar-refractivity contribution in [1.29, 1.82) is 0 Å². The second-order valence-electron chi connectivity index (χ2n) is 9.20. The highest BCUT2D eigenvalue weighted by molar-refractivity contribution is 7.89. The molecule has 0 spiro atoms. The number of aryl methyl sites for hydroxylation is 1. The van der Waals surface area contributed by atoms with Gasteiger partial charge in [0.05, 0.1) is 17.0 Å². The van der Waals surface area contributed by atoms with E-state index in [1.54, 1.807) is 24.3 Å². The van der Waals surface area contributed by atoms with Crippen LogP contribution in [0.15, 0.2) is 34.2 Å². The Morgan fingerprint density at radius 1 is 1.13 bits per heavy atom. The Labute approximate surface area is 242 Å². The highest BCUT2D eigenvalue weighted by Gasteiger charge is 2.36. The van der Waals surface area contributed by atoms with E-state index < -0.39 is 28.1 Å². The van der Waals surface area contributed by atoms with Crippen LogP contribution in [0.5, 0.6) is 0 Å². The van der Waals surface area contributed by atoms with Gasteiger partial charge in [0.25, 0.3) is 0 Å². The Morgan fingerprint density at radius 2 is 1.79 bits per heavy atom. The average Bonchev–Trinajstić information content (AvgIpc) is 3.35. The Bertz CT molecular complexity index is 1050. The molecule has 0 aliphatic carbocycles. The van der Waals surface area contributed by atoms with Gasteiger partial charge in [0.1, 0.15) is 12.3 Å². The largest absolute Gasteiger partial charge is 0.370 e. The lowest BCUT2D eigenvalue weighted by molar-refractivity contribution is -0.140. The van der Waals surface area contributed by atoms with E-state index in [9.17, 15) is 22.8 Å². The van der Waals surface area contributed by atoms with E-state index in [0.717, 1.165) is 5.56 Å². The molecule has 1 saturated heterocycles. The van der Waals surface area contributed by atoms with Crippen LogP contribution in [-0.4, -0.2) is 75.1 Å². The minimum Gasteiger partial charge on any atom is -0.370 e. The lowest BCUT2D eigenvalue weighted by Crippen LogP contribution is -2.53. The molecule has 0 radical (unpaired) electrons. The van der Waals surface area contributed by atoms with Crippen LogP contribution in [-0.2, 0) is 24.4 Å². The van der Waals surface area contributed by atoms with Crippen molar-refractivity contribution in [3.63, 3.8) is 0 Å². The van der Waals surface area contributed by atoms with Gasteiger partial charge >= 0.3 is 0 Å². The number of nitrogens with zero attached hydrogens (tertiary/aromatic N) is 2. The maximum absolute atomic E-state index is 12.9. The molecule has 8 N–H and O–H groups in total. The molecule has 1 fully saturated rings. The number of nitrogens with one attached hydrogen (secondary N) is 2. The van der Waals surface area contributed by atoms with E-state index in [4.69, 9.17) is 17.2 Å². The summed E-state index contributed by atoms with van der Waals surface area (Å²) >= 11 is 0. The first kappa shape index (κ1) is 36.5. The fourth-order valence-corrected chi connectivity index (χ4v) is 5.18. The molecule has 1 aromatic carbocycles. The molecule has 3 atom stereocenters. The summed E-state index contributed by atoms with van der Waals surface area (Å²) in [6.45, 7) is 2.87. The van der Waals surface area contributed by atoms with Gasteiger partial charge in [-0.05, 0) is 57.6 Å². The first-order valence-corrected chi connectivity index (χ1v) is 14.0. The molecule has 12 nitrogen and oxygen atoms in total. The van der Waals surface area contributed by atoms with Crippen LogP contribution in [0, 0.1) is 6.92 Å². The molecule has 1 aliphatic heterocycles. The summed E-state index contributed by atoms with van der Waals surface area (Å²) in [5, 5.41) is 2.69. The van der Waals surface area contributed by atoms with E-state index in [2.05, 4.69) is 15.0 Å². The van der Waals surface area contributed by atoms with Crippen molar-refractivity contribution in [2.75, 3.05) is 19.6 Å². The van der Waals surface area contributed by atoms with Gasteiger partial charge < -0.3 is 32.2 Å². The molecular formula is C24H41Cl2N7O5S. The number of hydrogen-bond acceptors (Lipinski definition) is 7. The summed E-state index contributed by atoms with van der Waals surface area (Å²) in [5.41, 5.74) is 17.6. The van der Waals surface area contributed by atoms with Crippen molar-refractivity contribution in [3.8, 4) is 0 Å². The topological polar surface area (TPSA) is 203 Å². The maximum atomic E-state index is 12.9. The molecule has 39 heavy (non-hydrogen) atoms. The van der Waals surface area contributed by atoms with Crippen LogP contribution in [0.2, 0.25) is 0 Å². The number of benzene rings is 1. The monoisotopic (exact) mass is 609 g/mol. The van der Waals surface area contributed by atoms with Gasteiger partial charge in [-0.2, -0.15) is 0 Å². The number of guanidine groups is 1. The van der Waals surface area contributed by atoms with Crippen molar-refractivity contribution >= 4 is 58.9 Å². The Kier molecular flexibility index (Phi) is 16.9. The molecule has 15 heteroatoms. The highest BCUT2D eigenvalue weighted by Crippen LogP contribution is 2.20. The Balaban J connectivity index is 0.00000722. The van der Waals surface area contributed by atoms with E-state index in [-0.39, 0.29) is 54.0 Å². The number of aldehydes is 1. The summed E-state index contributed by atoms with van der Waals surface area (Å²) < 4.78 is 27.3. The Morgan fingerprint density at radius 3 is 2.41 bits per heavy atom. The smallest absolute Gasteiger partial charge is 0.243 e. The number of amides is 2. The first-order valence-electron chi connectivity index (χ1n) is 12.5. The molecular weight excluding hydrogens is 569 g/mol. The van der Waals surface area contributed by atoms with Crippen molar-refractivity contribution in [2.45, 2.75) is 74.9 Å². The minimum atomic E-state index is -3.59. The lowest BCUT2D eigenvalue weighted by Gasteiger charge is -2.27. The zero-order valence-corrected chi connectivity index (χ0v) is 24.5. The maximum Gasteiger partial charge on any atom is 0.243 e. The fraction of sp³-hybridized carbons (Fsp3) is 0.583. The second kappa shape index (κ2) is 18.0. The number of carbonyl (C=O) groups is 3. The van der Waals surface area contributed by atoms with Crippen molar-refractivity contribution in [1.82, 2.24) is 14.9 Å². The molecule has 0 aromatic heterocycles. The number of carbonyl (C=O) groups excluding carboxylic acids is 3. The number of likely N-dealkylation sites (tertiary alicyclic amines) is 1. The molecule has 1 aliphatic rings. The van der Waals surface area contributed by atoms with Gasteiger partial charge in [0.15, 0.2) is 5.96 Å². The number of sulfonamides is 1. The van der Waals surface area contributed by atoms with Crippen LogP contribution in [0.1, 0.15) is 50.5 Å². The number of rotatable bonds is 15. The van der Waals surface area contributed by atoms with Gasteiger partial charge in [0.2, 0.25) is 21.8 Å². The molecule has 2 amide bonds. The zero-order chi connectivity index (χ0) is 27.4. The molecule has 1 heterocycles. The van der Waals surface area contributed by atoms with Crippen LogP contribution in [0.25, 0.3) is 0 Å². The third-order valence-electron chi connectivity index (χ3n) is 6.18. The summed E-state index contributed by atoms with van der Waals surface area (Å²) in [7, 11) is -3.59. The first-order chi connectivity index (χ1) is 17.5. The van der Waals surface area contributed by atoms with Gasteiger partial charge in [-0.1, -0.05) is 24.1 Å². The predicted molar refractivity (Wildman–Crippen MR) is 155 cm³/mol. The van der Waals surface area contributed by atoms with Crippen molar-refractivity contribution in [2.24, 2.45) is 22.2 Å². The average molecular weight is 611 g/mol. The van der Waals surface area contributed by atoms with Gasteiger partial charge in [-0.3, -0.25) is 14.6 Å². The summed E-state index contributed by atoms with van der Waals surface area (Å²) in [4.78, 5) is 42.6. The standard InChI is InChI=1S/C24H39N7O5S.2ClH/c1-17-9-11-19(12-10-17)37(35,36)29-14-3-2-7-20(25)23(34)31-15-5-8-21(31)22(33)30-18(16-32)6-4-13-28-24(26)27;;/h9-12,16,18,20-21,29H,2-8,13-15,25H2,1H3,(H,30,33)(H4,26,27,28);2*1H/t18-,20+,21-;;/m0../s1. The van der Waals surface area contributed by atoms with Crippen LogP contribution in [0.4, 0.5) is 0 Å². The highest BCUT2D eigenvalue weighted by atomic mass is 35.5. The fourth-order valence-electron chi connectivity index (χ4n) is 4.11. The van der Waals surface area contributed by atoms with Gasteiger partial charge in [-0.25, -0.2) is 13.1 Å². The van der Waals surface area contributed by atoms with E-state index in [0.29, 0.717) is 64.3 Å². The third-order valence-corrected chi connectivity index (χ3v) is 7.66. The summed E-state index contributed by atoms with van der Waals surface area (Å²) in [5.74, 6) is -0.748. The minimum absolute atomic E-state index is 0. The normalized spacial score (nSPS) is 16.3. The third kappa shape index (κ3) is 12.1. The van der Waals surface area contributed by atoms with Gasteiger partial charge in [-0.15, -0.1) is 24.8 Å². The number of aliphatic imine (C=N–C) groups is 1. The van der Waals surface area contributed by atoms with Crippen molar-refractivity contribution < 1.29 is 22.8 Å². The summed E-state index contributed by atoms with van der Waals surface area (Å²) in [6, 6.07) is 4.40. The zero-order valence-electron chi connectivity index (χ0n) is 22.1. The number of hydrogen-bond donors (Lipinski definition) is 5. The molecule has 0 saturated carbocycles. The Hall–Kier alpha value is -2.45. The number of unbranched alkanes of at least 4 members (excludes halogenated alkanes) is 1. The lowest BCUT2D eigenvalue weighted by atomic mass is 10.1.